The summed E-state index contributed by atoms with van der Waals surface area (Å²) in [5.74, 6) is 0. The van der Waals surface area contributed by atoms with E-state index in [0.717, 1.165) is 36.3 Å². The van der Waals surface area contributed by atoms with Gasteiger partial charge < -0.3 is 5.11 Å². The molecule has 0 aliphatic heterocycles. The minimum atomic E-state index is -0.764. The molecule has 0 spiro atoms. The van der Waals surface area contributed by atoms with Gasteiger partial charge in [-0.1, -0.05) is 36.6 Å². The van der Waals surface area contributed by atoms with E-state index in [1.165, 1.54) is 6.33 Å². The molecule has 3 rings (SSSR count). The predicted molar refractivity (Wildman–Crippen MR) is 77.6 cm³/mol. The van der Waals surface area contributed by atoms with Crippen LogP contribution in [0.4, 0.5) is 0 Å². The van der Waals surface area contributed by atoms with E-state index in [-0.39, 0.29) is 6.04 Å². The topological polar surface area (TPSA) is 50.9 Å². The highest BCUT2D eigenvalue weighted by molar-refractivity contribution is 6.30. The molecule has 1 aliphatic carbocycles. The van der Waals surface area contributed by atoms with Crippen LogP contribution in [0.2, 0.25) is 5.02 Å². The zero-order chi connectivity index (χ0) is 14.0. The van der Waals surface area contributed by atoms with Gasteiger partial charge in [0.2, 0.25) is 0 Å². The summed E-state index contributed by atoms with van der Waals surface area (Å²) in [7, 11) is 0. The molecular formula is C15H18ClN3O. The Morgan fingerprint density at radius 1 is 1.30 bits per heavy atom. The molecule has 20 heavy (non-hydrogen) atoms. The van der Waals surface area contributed by atoms with E-state index in [4.69, 9.17) is 11.6 Å². The third kappa shape index (κ3) is 2.72. The highest BCUT2D eigenvalue weighted by Crippen LogP contribution is 2.39. The zero-order valence-electron chi connectivity index (χ0n) is 11.2. The van der Waals surface area contributed by atoms with Crippen molar-refractivity contribution in [3.8, 4) is 0 Å². The Morgan fingerprint density at radius 3 is 2.80 bits per heavy atom. The highest BCUT2D eigenvalue weighted by Gasteiger charge is 2.40. The summed E-state index contributed by atoms with van der Waals surface area (Å²) >= 11 is 5.91. The van der Waals surface area contributed by atoms with Gasteiger partial charge in [-0.15, -0.1) is 0 Å². The first-order valence-electron chi connectivity index (χ1n) is 6.98. The SMILES string of the molecule is O[C@]1(Cc2ccc(Cl)cc2)CCCC[C@H]1n1cncn1. The molecule has 1 fully saturated rings. The fourth-order valence-corrected chi connectivity index (χ4v) is 3.25. The number of benzene rings is 1. The van der Waals surface area contributed by atoms with Crippen LogP contribution >= 0.6 is 11.6 Å². The average molecular weight is 292 g/mol. The Morgan fingerprint density at radius 2 is 2.10 bits per heavy atom. The minimum Gasteiger partial charge on any atom is -0.387 e. The molecule has 106 valence electrons. The number of halogens is 1. The summed E-state index contributed by atoms with van der Waals surface area (Å²) in [6, 6.07) is 7.69. The summed E-state index contributed by atoms with van der Waals surface area (Å²) in [5, 5.41) is 16.0. The van der Waals surface area contributed by atoms with Crippen molar-refractivity contribution in [2.24, 2.45) is 0 Å². The van der Waals surface area contributed by atoms with Crippen LogP contribution in [0.25, 0.3) is 0 Å². The number of hydrogen-bond donors (Lipinski definition) is 1. The summed E-state index contributed by atoms with van der Waals surface area (Å²) < 4.78 is 1.80. The van der Waals surface area contributed by atoms with Crippen molar-refractivity contribution in [2.45, 2.75) is 43.7 Å². The van der Waals surface area contributed by atoms with Gasteiger partial charge in [0, 0.05) is 11.4 Å². The fourth-order valence-electron chi connectivity index (χ4n) is 3.12. The summed E-state index contributed by atoms with van der Waals surface area (Å²) in [5.41, 5.74) is 0.337. The smallest absolute Gasteiger partial charge is 0.137 e. The maximum absolute atomic E-state index is 11.1. The van der Waals surface area contributed by atoms with Crippen LogP contribution in [0.15, 0.2) is 36.9 Å². The van der Waals surface area contributed by atoms with Crippen LogP contribution in [-0.4, -0.2) is 25.5 Å². The van der Waals surface area contributed by atoms with Crippen molar-refractivity contribution >= 4 is 11.6 Å². The molecule has 0 bridgehead atoms. The van der Waals surface area contributed by atoms with Crippen LogP contribution in [0, 0.1) is 0 Å². The molecular weight excluding hydrogens is 274 g/mol. The van der Waals surface area contributed by atoms with Crippen LogP contribution in [0.3, 0.4) is 0 Å². The molecule has 1 aromatic heterocycles. The molecule has 0 radical (unpaired) electrons. The first-order valence-corrected chi connectivity index (χ1v) is 7.36. The lowest BCUT2D eigenvalue weighted by Crippen LogP contribution is -2.44. The lowest BCUT2D eigenvalue weighted by molar-refractivity contribution is -0.0452. The molecule has 1 N–H and O–H groups in total. The highest BCUT2D eigenvalue weighted by atomic mass is 35.5. The summed E-state index contributed by atoms with van der Waals surface area (Å²) in [6.45, 7) is 0. The lowest BCUT2D eigenvalue weighted by atomic mass is 9.76. The van der Waals surface area contributed by atoms with E-state index in [0.29, 0.717) is 6.42 Å². The summed E-state index contributed by atoms with van der Waals surface area (Å²) in [6.07, 6.45) is 7.74. The van der Waals surface area contributed by atoms with Crippen molar-refractivity contribution in [3.63, 3.8) is 0 Å². The number of rotatable bonds is 3. The van der Waals surface area contributed by atoms with Crippen molar-refractivity contribution in [1.29, 1.82) is 0 Å². The first kappa shape index (κ1) is 13.6. The van der Waals surface area contributed by atoms with Crippen LogP contribution in [-0.2, 0) is 6.42 Å². The third-order valence-corrected chi connectivity index (χ3v) is 4.39. The average Bonchev–Trinajstić information content (AvgIpc) is 2.95. The molecule has 4 nitrogen and oxygen atoms in total. The zero-order valence-corrected chi connectivity index (χ0v) is 12.0. The molecule has 1 aliphatic rings. The monoisotopic (exact) mass is 291 g/mol. The van der Waals surface area contributed by atoms with Gasteiger partial charge in [-0.2, -0.15) is 5.10 Å². The van der Waals surface area contributed by atoms with Gasteiger partial charge in [-0.3, -0.25) is 0 Å². The van der Waals surface area contributed by atoms with Gasteiger partial charge in [-0.25, -0.2) is 9.67 Å². The Kier molecular flexibility index (Phi) is 3.76. The number of nitrogens with zero attached hydrogens (tertiary/aromatic N) is 3. The van der Waals surface area contributed by atoms with E-state index in [9.17, 15) is 5.11 Å². The Hall–Kier alpha value is -1.39. The Bertz CT molecular complexity index is 555. The first-order chi connectivity index (χ1) is 9.67. The normalized spacial score (nSPS) is 26.6. The van der Waals surface area contributed by atoms with E-state index in [1.54, 1.807) is 11.0 Å². The maximum Gasteiger partial charge on any atom is 0.137 e. The van der Waals surface area contributed by atoms with Gasteiger partial charge in [0.05, 0.1) is 11.6 Å². The van der Waals surface area contributed by atoms with Gasteiger partial charge in [0.15, 0.2) is 0 Å². The van der Waals surface area contributed by atoms with E-state index < -0.39 is 5.60 Å². The van der Waals surface area contributed by atoms with Crippen LogP contribution in [0.1, 0.15) is 37.3 Å². The number of aliphatic hydroxyl groups is 1. The molecule has 0 unspecified atom stereocenters. The summed E-state index contributed by atoms with van der Waals surface area (Å²) in [4.78, 5) is 4.00. The van der Waals surface area contributed by atoms with Gasteiger partial charge in [0.25, 0.3) is 0 Å². The Balaban J connectivity index is 1.85. The van der Waals surface area contributed by atoms with Crippen LogP contribution < -0.4 is 0 Å². The van der Waals surface area contributed by atoms with Crippen LogP contribution in [0.5, 0.6) is 0 Å². The molecule has 1 saturated carbocycles. The van der Waals surface area contributed by atoms with E-state index in [1.807, 2.05) is 24.3 Å². The van der Waals surface area contributed by atoms with Gasteiger partial charge >= 0.3 is 0 Å². The van der Waals surface area contributed by atoms with Crippen molar-refractivity contribution in [1.82, 2.24) is 14.8 Å². The maximum atomic E-state index is 11.1. The van der Waals surface area contributed by atoms with Gasteiger partial charge in [-0.05, 0) is 30.5 Å². The largest absolute Gasteiger partial charge is 0.387 e. The van der Waals surface area contributed by atoms with E-state index in [2.05, 4.69) is 10.1 Å². The van der Waals surface area contributed by atoms with Crippen molar-refractivity contribution in [2.75, 3.05) is 0 Å². The number of hydrogen-bond acceptors (Lipinski definition) is 3. The molecule has 0 saturated heterocycles. The number of aromatic nitrogens is 3. The molecule has 1 heterocycles. The molecule has 1 aromatic carbocycles. The minimum absolute atomic E-state index is 0.00516. The van der Waals surface area contributed by atoms with Crippen molar-refractivity contribution < 1.29 is 5.11 Å². The van der Waals surface area contributed by atoms with E-state index >= 15 is 0 Å². The second-order valence-corrected chi connectivity index (χ2v) is 5.98. The second-order valence-electron chi connectivity index (χ2n) is 5.54. The molecule has 0 amide bonds. The molecule has 5 heteroatoms. The Labute approximate surface area is 123 Å². The standard InChI is InChI=1S/C15H18ClN3O/c16-13-6-4-12(5-7-13)9-15(20)8-2-1-3-14(15)19-11-17-10-18-19/h4-7,10-11,14,20H,1-3,8-9H2/t14-,15+/m1/s1. The quantitative estimate of drug-likeness (QED) is 0.946. The third-order valence-electron chi connectivity index (χ3n) is 4.14. The lowest BCUT2D eigenvalue weighted by Gasteiger charge is -2.40. The second kappa shape index (κ2) is 5.54. The fraction of sp³-hybridized carbons (Fsp3) is 0.467. The predicted octanol–water partition coefficient (Wildman–Crippen LogP) is 3.02. The molecule has 2 aromatic rings. The van der Waals surface area contributed by atoms with Crippen molar-refractivity contribution in [3.05, 3.63) is 47.5 Å². The van der Waals surface area contributed by atoms with Gasteiger partial charge in [0.1, 0.15) is 12.7 Å². The molecule has 2 atom stereocenters.